The van der Waals surface area contributed by atoms with Crippen molar-refractivity contribution in [2.24, 2.45) is 0 Å². The summed E-state index contributed by atoms with van der Waals surface area (Å²) >= 11 is 0. The highest BCUT2D eigenvalue weighted by molar-refractivity contribution is 5.61. The zero-order valence-corrected chi connectivity index (χ0v) is 9.43. The first kappa shape index (κ1) is 10.9. The molecule has 0 aromatic carbocycles. The van der Waals surface area contributed by atoms with E-state index in [1.54, 1.807) is 7.11 Å². The molecule has 6 nitrogen and oxygen atoms in total. The van der Waals surface area contributed by atoms with Gasteiger partial charge < -0.3 is 20.5 Å². The molecule has 0 amide bonds. The Kier molecular flexibility index (Phi) is 3.09. The first-order valence-electron chi connectivity index (χ1n) is 5.25. The lowest BCUT2D eigenvalue weighted by molar-refractivity contribution is 0.121. The summed E-state index contributed by atoms with van der Waals surface area (Å²) < 4.78 is 10.6. The zero-order chi connectivity index (χ0) is 11.5. The fourth-order valence-electron chi connectivity index (χ4n) is 1.79. The zero-order valence-electron chi connectivity index (χ0n) is 9.43. The van der Waals surface area contributed by atoms with E-state index in [1.165, 1.54) is 6.33 Å². The summed E-state index contributed by atoms with van der Waals surface area (Å²) in [6, 6.07) is 0.239. The second kappa shape index (κ2) is 4.52. The predicted molar refractivity (Wildman–Crippen MR) is 60.4 cm³/mol. The lowest BCUT2D eigenvalue weighted by Crippen LogP contribution is -2.27. The third-order valence-electron chi connectivity index (χ3n) is 2.73. The standard InChI is InChI=1S/C10H16N4O2/c1-6-7(3-4-16-6)14-10-8(15-2)9(11)12-5-13-10/h5-7H,3-4H2,1-2H3,(H3,11,12,13,14). The number of nitrogens with two attached hydrogens (primary N) is 1. The smallest absolute Gasteiger partial charge is 0.203 e. The van der Waals surface area contributed by atoms with Crippen molar-refractivity contribution in [3.63, 3.8) is 0 Å². The fraction of sp³-hybridized carbons (Fsp3) is 0.600. The van der Waals surface area contributed by atoms with Crippen LogP contribution in [0.1, 0.15) is 13.3 Å². The van der Waals surface area contributed by atoms with Gasteiger partial charge in [0, 0.05) is 6.61 Å². The van der Waals surface area contributed by atoms with E-state index in [0.717, 1.165) is 13.0 Å². The summed E-state index contributed by atoms with van der Waals surface area (Å²) in [5, 5.41) is 3.27. The van der Waals surface area contributed by atoms with Gasteiger partial charge >= 0.3 is 0 Å². The van der Waals surface area contributed by atoms with Crippen molar-refractivity contribution in [3.8, 4) is 5.75 Å². The van der Waals surface area contributed by atoms with Crippen LogP contribution in [0.2, 0.25) is 0 Å². The molecule has 1 aromatic rings. The van der Waals surface area contributed by atoms with E-state index >= 15 is 0 Å². The van der Waals surface area contributed by atoms with Crippen molar-refractivity contribution in [2.75, 3.05) is 24.8 Å². The van der Waals surface area contributed by atoms with E-state index in [-0.39, 0.29) is 12.1 Å². The molecule has 0 radical (unpaired) electrons. The largest absolute Gasteiger partial charge is 0.490 e. The molecule has 0 aliphatic carbocycles. The summed E-state index contributed by atoms with van der Waals surface area (Å²) in [5.74, 6) is 1.45. The van der Waals surface area contributed by atoms with Crippen molar-refractivity contribution in [1.29, 1.82) is 0 Å². The molecule has 88 valence electrons. The number of nitrogen functional groups attached to an aromatic ring is 1. The number of nitrogens with one attached hydrogen (secondary N) is 1. The molecule has 0 saturated carbocycles. The number of nitrogens with zero attached hydrogens (tertiary/aromatic N) is 2. The summed E-state index contributed by atoms with van der Waals surface area (Å²) in [6.45, 7) is 2.80. The van der Waals surface area contributed by atoms with Crippen LogP contribution in [-0.4, -0.2) is 35.8 Å². The Morgan fingerprint density at radius 3 is 3.00 bits per heavy atom. The van der Waals surface area contributed by atoms with Gasteiger partial charge in [-0.2, -0.15) is 0 Å². The number of hydrogen-bond donors (Lipinski definition) is 2. The number of aromatic nitrogens is 2. The molecular formula is C10H16N4O2. The molecule has 2 rings (SSSR count). The summed E-state index contributed by atoms with van der Waals surface area (Å²) in [4.78, 5) is 8.00. The third-order valence-corrected chi connectivity index (χ3v) is 2.73. The normalized spacial score (nSPS) is 24.4. The molecule has 16 heavy (non-hydrogen) atoms. The van der Waals surface area contributed by atoms with Crippen LogP contribution in [0.4, 0.5) is 11.6 Å². The second-order valence-corrected chi connectivity index (χ2v) is 3.76. The maximum atomic E-state index is 5.69. The SMILES string of the molecule is COc1c(N)ncnc1NC1CCOC1C. The van der Waals surface area contributed by atoms with Gasteiger partial charge in [-0.05, 0) is 13.3 Å². The highest BCUT2D eigenvalue weighted by Gasteiger charge is 2.25. The van der Waals surface area contributed by atoms with Crippen LogP contribution in [-0.2, 0) is 4.74 Å². The monoisotopic (exact) mass is 224 g/mol. The van der Waals surface area contributed by atoms with Crippen LogP contribution in [0.25, 0.3) is 0 Å². The van der Waals surface area contributed by atoms with Crippen molar-refractivity contribution in [1.82, 2.24) is 9.97 Å². The van der Waals surface area contributed by atoms with E-state index in [1.807, 2.05) is 6.92 Å². The molecule has 2 atom stereocenters. The number of anilines is 2. The molecule has 3 N–H and O–H groups in total. The molecule has 2 heterocycles. The highest BCUT2D eigenvalue weighted by Crippen LogP contribution is 2.28. The maximum Gasteiger partial charge on any atom is 0.203 e. The Morgan fingerprint density at radius 2 is 2.38 bits per heavy atom. The molecule has 1 aliphatic heterocycles. The van der Waals surface area contributed by atoms with Crippen LogP contribution in [0.5, 0.6) is 5.75 Å². The molecular weight excluding hydrogens is 208 g/mol. The lowest BCUT2D eigenvalue weighted by atomic mass is 10.1. The number of hydrogen-bond acceptors (Lipinski definition) is 6. The Morgan fingerprint density at radius 1 is 1.56 bits per heavy atom. The van der Waals surface area contributed by atoms with Gasteiger partial charge in [-0.1, -0.05) is 0 Å². The Labute approximate surface area is 94.2 Å². The Balaban J connectivity index is 2.17. The summed E-state index contributed by atoms with van der Waals surface area (Å²) in [5.41, 5.74) is 5.69. The predicted octanol–water partition coefficient (Wildman–Crippen LogP) is 0.657. The van der Waals surface area contributed by atoms with E-state index < -0.39 is 0 Å². The first-order valence-corrected chi connectivity index (χ1v) is 5.25. The average Bonchev–Trinajstić information content (AvgIpc) is 2.65. The quantitative estimate of drug-likeness (QED) is 0.784. The van der Waals surface area contributed by atoms with Gasteiger partial charge in [0.2, 0.25) is 5.75 Å². The van der Waals surface area contributed by atoms with E-state index in [9.17, 15) is 0 Å². The van der Waals surface area contributed by atoms with Gasteiger partial charge in [0.15, 0.2) is 11.6 Å². The molecule has 1 saturated heterocycles. The van der Waals surface area contributed by atoms with E-state index in [2.05, 4.69) is 15.3 Å². The van der Waals surface area contributed by atoms with Gasteiger partial charge in [0.25, 0.3) is 0 Å². The van der Waals surface area contributed by atoms with Crippen molar-refractivity contribution >= 4 is 11.6 Å². The molecule has 2 unspecified atom stereocenters. The molecule has 6 heteroatoms. The number of ether oxygens (including phenoxy) is 2. The summed E-state index contributed by atoms with van der Waals surface area (Å²) in [7, 11) is 1.55. The van der Waals surface area contributed by atoms with E-state index in [4.69, 9.17) is 15.2 Å². The fourth-order valence-corrected chi connectivity index (χ4v) is 1.79. The van der Waals surface area contributed by atoms with Crippen LogP contribution >= 0.6 is 0 Å². The molecule has 0 bridgehead atoms. The topological polar surface area (TPSA) is 82.3 Å². The minimum Gasteiger partial charge on any atom is -0.490 e. The molecule has 1 fully saturated rings. The van der Waals surface area contributed by atoms with Crippen LogP contribution in [0.15, 0.2) is 6.33 Å². The minimum atomic E-state index is 0.167. The third kappa shape index (κ3) is 2.01. The van der Waals surface area contributed by atoms with Crippen molar-refractivity contribution in [3.05, 3.63) is 6.33 Å². The van der Waals surface area contributed by atoms with Crippen LogP contribution < -0.4 is 15.8 Å². The molecule has 1 aliphatic rings. The van der Waals surface area contributed by atoms with Crippen molar-refractivity contribution < 1.29 is 9.47 Å². The number of methoxy groups -OCH3 is 1. The van der Waals surface area contributed by atoms with Crippen molar-refractivity contribution in [2.45, 2.75) is 25.5 Å². The minimum absolute atomic E-state index is 0.167. The first-order chi connectivity index (χ1) is 7.72. The Bertz CT molecular complexity index is 372. The molecule has 1 aromatic heterocycles. The highest BCUT2D eigenvalue weighted by atomic mass is 16.5. The lowest BCUT2D eigenvalue weighted by Gasteiger charge is -2.18. The Hall–Kier alpha value is -1.56. The van der Waals surface area contributed by atoms with Gasteiger partial charge in [-0.15, -0.1) is 0 Å². The van der Waals surface area contributed by atoms with Crippen LogP contribution in [0.3, 0.4) is 0 Å². The van der Waals surface area contributed by atoms with Gasteiger partial charge in [0.1, 0.15) is 6.33 Å². The van der Waals surface area contributed by atoms with Gasteiger partial charge in [-0.3, -0.25) is 0 Å². The maximum absolute atomic E-state index is 5.69. The molecule has 0 spiro atoms. The average molecular weight is 224 g/mol. The number of rotatable bonds is 3. The van der Waals surface area contributed by atoms with Gasteiger partial charge in [-0.25, -0.2) is 9.97 Å². The van der Waals surface area contributed by atoms with Gasteiger partial charge in [0.05, 0.1) is 19.3 Å². The van der Waals surface area contributed by atoms with E-state index in [0.29, 0.717) is 17.4 Å². The second-order valence-electron chi connectivity index (χ2n) is 3.76. The summed E-state index contributed by atoms with van der Waals surface area (Å²) in [6.07, 6.45) is 2.54. The van der Waals surface area contributed by atoms with Crippen LogP contribution in [0, 0.1) is 0 Å².